The van der Waals surface area contributed by atoms with E-state index < -0.39 is 51.7 Å². The monoisotopic (exact) mass is 533 g/mol. The Morgan fingerprint density at radius 2 is 1.61 bits per heavy atom. The third-order valence-corrected chi connectivity index (χ3v) is 7.37. The fourth-order valence-electron chi connectivity index (χ4n) is 3.69. The van der Waals surface area contributed by atoms with Crippen molar-refractivity contribution < 1.29 is 50.4 Å². The number of halogens is 3. The summed E-state index contributed by atoms with van der Waals surface area (Å²) in [5, 5.41) is 11.4. The first-order chi connectivity index (χ1) is 16.8. The maximum absolute atomic E-state index is 13.0. The molecule has 3 rings (SSSR count). The van der Waals surface area contributed by atoms with Gasteiger partial charge >= 0.3 is 12.5 Å². The van der Waals surface area contributed by atoms with Crippen molar-refractivity contribution in [3.05, 3.63) is 48.5 Å². The Bertz CT molecular complexity index is 1130. The van der Waals surface area contributed by atoms with E-state index in [1.165, 1.54) is 36.4 Å². The summed E-state index contributed by atoms with van der Waals surface area (Å²) in [6.45, 7) is 3.76. The van der Waals surface area contributed by atoms with Crippen molar-refractivity contribution in [2.24, 2.45) is 0 Å². The molecule has 2 N–H and O–H groups in total. The van der Waals surface area contributed by atoms with Crippen LogP contribution in [0.25, 0.3) is 0 Å². The van der Waals surface area contributed by atoms with Crippen LogP contribution in [0.1, 0.15) is 26.7 Å². The van der Waals surface area contributed by atoms with E-state index in [9.17, 15) is 31.5 Å². The van der Waals surface area contributed by atoms with E-state index in [2.05, 4.69) is 10.1 Å². The van der Waals surface area contributed by atoms with Crippen LogP contribution in [0.3, 0.4) is 0 Å². The van der Waals surface area contributed by atoms with Gasteiger partial charge in [0, 0.05) is 0 Å². The zero-order valence-electron chi connectivity index (χ0n) is 19.4. The quantitative estimate of drug-likeness (QED) is 0.450. The summed E-state index contributed by atoms with van der Waals surface area (Å²) in [7, 11) is -3.95. The van der Waals surface area contributed by atoms with E-state index in [-0.39, 0.29) is 23.0 Å². The minimum absolute atomic E-state index is 0.0434. The molecule has 0 aromatic heterocycles. The lowest BCUT2D eigenvalue weighted by atomic mass is 10.1. The molecule has 9 nitrogen and oxygen atoms in total. The fourth-order valence-corrected chi connectivity index (χ4v) is 5.20. The Labute approximate surface area is 206 Å². The minimum atomic E-state index is -4.81. The van der Waals surface area contributed by atoms with Gasteiger partial charge in [0.2, 0.25) is 0 Å². The molecule has 0 aliphatic carbocycles. The highest BCUT2D eigenvalue weighted by Crippen LogP contribution is 2.32. The Morgan fingerprint density at radius 3 is 2.08 bits per heavy atom. The lowest BCUT2D eigenvalue weighted by Crippen LogP contribution is -2.49. The highest BCUT2D eigenvalue weighted by Gasteiger charge is 2.43. The first-order valence-corrected chi connectivity index (χ1v) is 12.7. The van der Waals surface area contributed by atoms with Crippen LogP contribution in [0.4, 0.5) is 18.0 Å². The molecule has 1 amide bonds. The number of carbonyl (C=O) groups is 1. The molecule has 0 saturated carbocycles. The van der Waals surface area contributed by atoms with E-state index in [4.69, 9.17) is 14.2 Å². The maximum atomic E-state index is 13.0. The number of carboxylic acid groups (broad SMARTS) is 1. The van der Waals surface area contributed by atoms with Gasteiger partial charge in [0.25, 0.3) is 0 Å². The molecule has 0 spiro atoms. The lowest BCUT2D eigenvalue weighted by molar-refractivity contribution is -0.274. The highest BCUT2D eigenvalue weighted by molar-refractivity contribution is 7.91. The summed E-state index contributed by atoms with van der Waals surface area (Å²) in [5.41, 5.74) is 0. The smallest absolute Gasteiger partial charge is 0.465 e. The molecule has 2 aromatic carbocycles. The SMILES string of the molecule is CCC1(CC)OC[C@H]([C@@H](CS(=O)(=O)c2ccc(Oc3ccc(OC(F)(F)F)cc3)cc2)NC(=O)O)O1. The van der Waals surface area contributed by atoms with Crippen LogP contribution in [-0.4, -0.2) is 56.3 Å². The van der Waals surface area contributed by atoms with E-state index in [0.29, 0.717) is 12.8 Å². The van der Waals surface area contributed by atoms with Gasteiger partial charge in [0.15, 0.2) is 15.6 Å². The van der Waals surface area contributed by atoms with Crippen molar-refractivity contribution in [2.45, 2.75) is 55.9 Å². The van der Waals surface area contributed by atoms with Crippen molar-refractivity contribution in [3.8, 4) is 17.2 Å². The number of hydrogen-bond donors (Lipinski definition) is 2. The number of ether oxygens (including phenoxy) is 4. The van der Waals surface area contributed by atoms with E-state index >= 15 is 0 Å². The Hall–Kier alpha value is -3.03. The molecule has 1 aliphatic heterocycles. The summed E-state index contributed by atoms with van der Waals surface area (Å²) < 4.78 is 83.8. The van der Waals surface area contributed by atoms with E-state index in [1.54, 1.807) is 0 Å². The Balaban J connectivity index is 1.69. The standard InChI is InChI=1S/C23H26F3NO8S/c1-3-22(4-2)32-13-20(35-22)19(27-21(28)29)14-36(30,31)18-11-9-16(10-12-18)33-15-5-7-17(8-6-15)34-23(24,25)26/h5-12,19-20,27H,3-4,13-14H2,1-2H3,(H,28,29)/t19-,20-/m1/s1. The lowest BCUT2D eigenvalue weighted by Gasteiger charge is -2.27. The number of sulfone groups is 1. The van der Waals surface area contributed by atoms with Gasteiger partial charge in [-0.25, -0.2) is 13.2 Å². The second kappa shape index (κ2) is 10.9. The van der Waals surface area contributed by atoms with Gasteiger partial charge in [-0.15, -0.1) is 13.2 Å². The van der Waals surface area contributed by atoms with Gasteiger partial charge in [-0.1, -0.05) is 13.8 Å². The van der Waals surface area contributed by atoms with Crippen molar-refractivity contribution in [2.75, 3.05) is 12.4 Å². The first-order valence-electron chi connectivity index (χ1n) is 11.0. The average Bonchev–Trinajstić information content (AvgIpc) is 3.24. The molecular weight excluding hydrogens is 507 g/mol. The summed E-state index contributed by atoms with van der Waals surface area (Å²) in [5.74, 6) is -1.41. The molecule has 1 fully saturated rings. The zero-order valence-corrected chi connectivity index (χ0v) is 20.3. The number of benzene rings is 2. The highest BCUT2D eigenvalue weighted by atomic mass is 32.2. The third kappa shape index (κ3) is 7.24. The Morgan fingerprint density at radius 1 is 1.08 bits per heavy atom. The van der Waals surface area contributed by atoms with E-state index in [1.807, 2.05) is 13.8 Å². The second-order valence-corrected chi connectivity index (χ2v) is 10.0. The number of hydrogen-bond acceptors (Lipinski definition) is 7. The molecule has 0 unspecified atom stereocenters. The summed E-state index contributed by atoms with van der Waals surface area (Å²) in [6.07, 6.45) is -5.95. The minimum Gasteiger partial charge on any atom is -0.465 e. The normalized spacial score (nSPS) is 18.4. The molecule has 2 atom stereocenters. The summed E-state index contributed by atoms with van der Waals surface area (Å²) >= 11 is 0. The molecular formula is C23H26F3NO8S. The van der Waals surface area contributed by atoms with E-state index in [0.717, 1.165) is 12.1 Å². The van der Waals surface area contributed by atoms with Gasteiger partial charge in [-0.05, 0) is 61.4 Å². The van der Waals surface area contributed by atoms with Crippen molar-refractivity contribution in [3.63, 3.8) is 0 Å². The predicted molar refractivity (Wildman–Crippen MR) is 121 cm³/mol. The molecule has 0 bridgehead atoms. The third-order valence-electron chi connectivity index (χ3n) is 5.59. The molecule has 1 saturated heterocycles. The predicted octanol–water partition coefficient (Wildman–Crippen LogP) is 4.72. The van der Waals surface area contributed by atoms with Crippen LogP contribution in [0.5, 0.6) is 17.2 Å². The van der Waals surface area contributed by atoms with Gasteiger partial charge in [0.05, 0.1) is 23.3 Å². The first kappa shape index (κ1) is 27.6. The maximum Gasteiger partial charge on any atom is 0.573 e. The van der Waals surface area contributed by atoms with Crippen molar-refractivity contribution >= 4 is 15.9 Å². The van der Waals surface area contributed by atoms with Crippen LogP contribution in [-0.2, 0) is 19.3 Å². The van der Waals surface area contributed by atoms with Crippen LogP contribution in [0.15, 0.2) is 53.4 Å². The number of rotatable bonds is 10. The van der Waals surface area contributed by atoms with Crippen molar-refractivity contribution in [1.82, 2.24) is 5.32 Å². The molecule has 198 valence electrons. The second-order valence-electron chi connectivity index (χ2n) is 8.02. The number of amides is 1. The Kier molecular flexibility index (Phi) is 8.37. The van der Waals surface area contributed by atoms with Crippen LogP contribution in [0.2, 0.25) is 0 Å². The van der Waals surface area contributed by atoms with Gasteiger partial charge < -0.3 is 29.4 Å². The van der Waals surface area contributed by atoms with Gasteiger partial charge in [-0.2, -0.15) is 0 Å². The topological polar surface area (TPSA) is 120 Å². The molecule has 2 aromatic rings. The molecule has 13 heteroatoms. The van der Waals surface area contributed by atoms with Crippen LogP contribution >= 0.6 is 0 Å². The van der Waals surface area contributed by atoms with Crippen molar-refractivity contribution in [1.29, 1.82) is 0 Å². The van der Waals surface area contributed by atoms with Gasteiger partial charge in [0.1, 0.15) is 23.4 Å². The summed E-state index contributed by atoms with van der Waals surface area (Å²) in [6, 6.07) is 8.96. The van der Waals surface area contributed by atoms with Gasteiger partial charge in [-0.3, -0.25) is 0 Å². The molecule has 1 aliphatic rings. The number of alkyl halides is 3. The molecule has 1 heterocycles. The number of nitrogens with one attached hydrogen (secondary N) is 1. The van der Waals surface area contributed by atoms with Crippen LogP contribution < -0.4 is 14.8 Å². The summed E-state index contributed by atoms with van der Waals surface area (Å²) in [4.78, 5) is 11.2. The zero-order chi connectivity index (χ0) is 26.6. The average molecular weight is 534 g/mol. The molecule has 36 heavy (non-hydrogen) atoms. The molecule has 0 radical (unpaired) electrons. The fraction of sp³-hybridized carbons (Fsp3) is 0.435. The largest absolute Gasteiger partial charge is 0.573 e. The van der Waals surface area contributed by atoms with Crippen LogP contribution in [0, 0.1) is 0 Å².